The summed E-state index contributed by atoms with van der Waals surface area (Å²) in [6.07, 6.45) is 4.16. The van der Waals surface area contributed by atoms with E-state index in [1.54, 1.807) is 7.11 Å². The van der Waals surface area contributed by atoms with Crippen LogP contribution in [0.2, 0.25) is 0 Å². The molecule has 1 aliphatic carbocycles. The number of nitrogens with zero attached hydrogens (tertiary/aromatic N) is 1. The molecule has 4 heteroatoms. The van der Waals surface area contributed by atoms with Crippen molar-refractivity contribution >= 4 is 5.91 Å². The van der Waals surface area contributed by atoms with Crippen LogP contribution < -0.4 is 5.73 Å². The lowest BCUT2D eigenvalue weighted by Gasteiger charge is -2.24. The molecule has 1 aliphatic rings. The maximum atomic E-state index is 12.1. The molecule has 1 fully saturated rings. The smallest absolute Gasteiger partial charge is 0.225 e. The quantitative estimate of drug-likeness (QED) is 0.686. The highest BCUT2D eigenvalue weighted by Gasteiger charge is 2.33. The third kappa shape index (κ3) is 3.46. The molecule has 1 amide bonds. The summed E-state index contributed by atoms with van der Waals surface area (Å²) in [5.74, 6) is 0.832. The van der Waals surface area contributed by atoms with Gasteiger partial charge in [0.1, 0.15) is 0 Å². The molecule has 94 valence electrons. The molecule has 2 unspecified atom stereocenters. The Morgan fingerprint density at radius 2 is 2.25 bits per heavy atom. The summed E-state index contributed by atoms with van der Waals surface area (Å²) in [5, 5.41) is 0. The van der Waals surface area contributed by atoms with E-state index in [0.717, 1.165) is 32.2 Å². The lowest BCUT2D eigenvalue weighted by molar-refractivity contribution is -0.135. The van der Waals surface area contributed by atoms with Gasteiger partial charge in [0.2, 0.25) is 5.91 Å². The Morgan fingerprint density at radius 3 is 2.88 bits per heavy atom. The predicted molar refractivity (Wildman–Crippen MR) is 64.0 cm³/mol. The summed E-state index contributed by atoms with van der Waals surface area (Å²) in [6, 6.07) is 0. The first-order chi connectivity index (χ1) is 7.70. The highest BCUT2D eigenvalue weighted by molar-refractivity contribution is 5.79. The highest BCUT2D eigenvalue weighted by Crippen LogP contribution is 2.32. The molecular weight excluding hydrogens is 204 g/mol. The number of ether oxygens (including phenoxy) is 1. The van der Waals surface area contributed by atoms with E-state index in [9.17, 15) is 4.79 Å². The molecule has 0 heterocycles. The van der Waals surface area contributed by atoms with E-state index in [0.29, 0.717) is 19.1 Å². The Morgan fingerprint density at radius 1 is 1.50 bits per heavy atom. The first-order valence-corrected chi connectivity index (χ1v) is 6.14. The third-order valence-corrected chi connectivity index (χ3v) is 3.50. The Hall–Kier alpha value is -0.610. The normalized spacial score (nSPS) is 24.7. The zero-order chi connectivity index (χ0) is 12.0. The van der Waals surface area contributed by atoms with Gasteiger partial charge in [-0.1, -0.05) is 6.42 Å². The maximum Gasteiger partial charge on any atom is 0.225 e. The number of carbonyl (C=O) groups is 1. The van der Waals surface area contributed by atoms with Gasteiger partial charge >= 0.3 is 0 Å². The average Bonchev–Trinajstić information content (AvgIpc) is 2.76. The van der Waals surface area contributed by atoms with Crippen molar-refractivity contribution in [3.8, 4) is 0 Å². The van der Waals surface area contributed by atoms with E-state index in [-0.39, 0.29) is 11.8 Å². The Bertz CT molecular complexity index is 221. The van der Waals surface area contributed by atoms with Gasteiger partial charge in [0.25, 0.3) is 0 Å². The van der Waals surface area contributed by atoms with Crippen LogP contribution >= 0.6 is 0 Å². The Kier molecular flexibility index (Phi) is 5.77. The molecule has 0 bridgehead atoms. The Labute approximate surface area is 98.1 Å². The van der Waals surface area contributed by atoms with Crippen LogP contribution in [0.3, 0.4) is 0 Å². The number of carbonyl (C=O) groups excluding carboxylic acids is 1. The van der Waals surface area contributed by atoms with Gasteiger partial charge in [0.15, 0.2) is 0 Å². The molecule has 0 saturated heterocycles. The van der Waals surface area contributed by atoms with Crippen molar-refractivity contribution in [1.29, 1.82) is 0 Å². The van der Waals surface area contributed by atoms with E-state index >= 15 is 0 Å². The molecule has 0 spiro atoms. The van der Waals surface area contributed by atoms with Crippen molar-refractivity contribution in [2.75, 3.05) is 33.9 Å². The zero-order valence-electron chi connectivity index (χ0n) is 10.4. The summed E-state index contributed by atoms with van der Waals surface area (Å²) >= 11 is 0. The SMILES string of the molecule is COCCCN(C)C(=O)C1CCCC1CN. The van der Waals surface area contributed by atoms with Crippen LogP contribution in [0.1, 0.15) is 25.7 Å². The standard InChI is InChI=1S/C12H24N2O2/c1-14(7-4-8-16-2)12(15)11-6-3-5-10(11)9-13/h10-11H,3-9,13H2,1-2H3. The van der Waals surface area contributed by atoms with Gasteiger partial charge in [-0.25, -0.2) is 0 Å². The van der Waals surface area contributed by atoms with Gasteiger partial charge in [0.05, 0.1) is 0 Å². The van der Waals surface area contributed by atoms with Crippen LogP contribution in [0, 0.1) is 11.8 Å². The van der Waals surface area contributed by atoms with Crippen LogP contribution in [-0.4, -0.2) is 44.7 Å². The molecule has 0 aromatic heterocycles. The van der Waals surface area contributed by atoms with E-state index in [2.05, 4.69) is 0 Å². The number of rotatable bonds is 6. The average molecular weight is 228 g/mol. The number of amides is 1. The topological polar surface area (TPSA) is 55.6 Å². The fourth-order valence-corrected chi connectivity index (χ4v) is 2.48. The van der Waals surface area contributed by atoms with Crippen molar-refractivity contribution in [2.24, 2.45) is 17.6 Å². The molecule has 0 aromatic rings. The lowest BCUT2D eigenvalue weighted by Crippen LogP contribution is -2.37. The Balaban J connectivity index is 2.37. The van der Waals surface area contributed by atoms with Crippen LogP contribution in [0.5, 0.6) is 0 Å². The van der Waals surface area contributed by atoms with E-state index < -0.39 is 0 Å². The van der Waals surface area contributed by atoms with Crippen LogP contribution in [0.15, 0.2) is 0 Å². The fraction of sp³-hybridized carbons (Fsp3) is 0.917. The molecule has 2 atom stereocenters. The summed E-state index contributed by atoms with van der Waals surface area (Å²) in [5.41, 5.74) is 5.69. The van der Waals surface area contributed by atoms with E-state index in [1.165, 1.54) is 0 Å². The number of nitrogens with two attached hydrogens (primary N) is 1. The largest absolute Gasteiger partial charge is 0.385 e. The first kappa shape index (κ1) is 13.5. The van der Waals surface area contributed by atoms with Gasteiger partial charge in [0, 0.05) is 33.2 Å². The third-order valence-electron chi connectivity index (χ3n) is 3.50. The van der Waals surface area contributed by atoms with Crippen molar-refractivity contribution < 1.29 is 9.53 Å². The molecule has 4 nitrogen and oxygen atoms in total. The van der Waals surface area contributed by atoms with Crippen molar-refractivity contribution in [2.45, 2.75) is 25.7 Å². The number of methoxy groups -OCH3 is 1. The number of hydrogen-bond acceptors (Lipinski definition) is 3. The van der Waals surface area contributed by atoms with E-state index in [4.69, 9.17) is 10.5 Å². The van der Waals surface area contributed by atoms with Gasteiger partial charge < -0.3 is 15.4 Å². The molecular formula is C12H24N2O2. The second-order valence-corrected chi connectivity index (χ2v) is 4.64. The zero-order valence-corrected chi connectivity index (χ0v) is 10.4. The minimum Gasteiger partial charge on any atom is -0.385 e. The molecule has 0 aliphatic heterocycles. The van der Waals surface area contributed by atoms with Gasteiger partial charge in [-0.2, -0.15) is 0 Å². The molecule has 0 aromatic carbocycles. The second kappa shape index (κ2) is 6.86. The van der Waals surface area contributed by atoms with Crippen molar-refractivity contribution in [3.63, 3.8) is 0 Å². The van der Waals surface area contributed by atoms with Crippen molar-refractivity contribution in [3.05, 3.63) is 0 Å². The summed E-state index contributed by atoms with van der Waals surface area (Å²) < 4.78 is 4.98. The van der Waals surface area contributed by atoms with Gasteiger partial charge in [-0.3, -0.25) is 4.79 Å². The molecule has 2 N–H and O–H groups in total. The highest BCUT2D eigenvalue weighted by atomic mass is 16.5. The summed E-state index contributed by atoms with van der Waals surface area (Å²) in [4.78, 5) is 14.0. The van der Waals surface area contributed by atoms with Crippen LogP contribution in [0.4, 0.5) is 0 Å². The minimum atomic E-state index is 0.164. The summed E-state index contributed by atoms with van der Waals surface area (Å²) in [6.45, 7) is 2.13. The number of hydrogen-bond donors (Lipinski definition) is 1. The minimum absolute atomic E-state index is 0.164. The molecule has 1 saturated carbocycles. The van der Waals surface area contributed by atoms with E-state index in [1.807, 2.05) is 11.9 Å². The molecule has 1 rings (SSSR count). The maximum absolute atomic E-state index is 12.1. The van der Waals surface area contributed by atoms with Gasteiger partial charge in [-0.15, -0.1) is 0 Å². The predicted octanol–water partition coefficient (Wildman–Crippen LogP) is 0.856. The first-order valence-electron chi connectivity index (χ1n) is 6.14. The monoisotopic (exact) mass is 228 g/mol. The van der Waals surface area contributed by atoms with Crippen LogP contribution in [0.25, 0.3) is 0 Å². The fourth-order valence-electron chi connectivity index (χ4n) is 2.48. The van der Waals surface area contributed by atoms with Crippen molar-refractivity contribution in [1.82, 2.24) is 4.90 Å². The second-order valence-electron chi connectivity index (χ2n) is 4.64. The van der Waals surface area contributed by atoms with Gasteiger partial charge in [-0.05, 0) is 31.7 Å². The van der Waals surface area contributed by atoms with Crippen LogP contribution in [-0.2, 0) is 9.53 Å². The molecule has 0 radical (unpaired) electrons. The summed E-state index contributed by atoms with van der Waals surface area (Å²) in [7, 11) is 3.56. The molecule has 16 heavy (non-hydrogen) atoms. The lowest BCUT2D eigenvalue weighted by atomic mass is 9.95.